The zero-order valence-electron chi connectivity index (χ0n) is 16.1. The third kappa shape index (κ3) is 4.58. The number of halogens is 1. The van der Waals surface area contributed by atoms with Gasteiger partial charge in [-0.05, 0) is 43.3 Å². The zero-order valence-corrected chi connectivity index (χ0v) is 17.7. The molecule has 2 heterocycles. The maximum Gasteiger partial charge on any atom is 0.280 e. The lowest BCUT2D eigenvalue weighted by molar-refractivity contribution is -0.127. The van der Waals surface area contributed by atoms with Crippen molar-refractivity contribution < 1.29 is 13.9 Å². The van der Waals surface area contributed by atoms with E-state index in [2.05, 4.69) is 31.4 Å². The van der Waals surface area contributed by atoms with E-state index >= 15 is 0 Å². The van der Waals surface area contributed by atoms with Crippen LogP contribution in [0, 0.1) is 0 Å². The number of rotatable bonds is 6. The quantitative estimate of drug-likeness (QED) is 0.315. The Bertz CT molecular complexity index is 1200. The molecule has 1 N–H and O–H groups in total. The lowest BCUT2D eigenvalue weighted by Gasteiger charge is -2.14. The Morgan fingerprint density at radius 3 is 2.77 bits per heavy atom. The zero-order chi connectivity index (χ0) is 20.9. The first kappa shape index (κ1) is 19.8. The van der Waals surface area contributed by atoms with E-state index in [1.54, 1.807) is 25.3 Å². The van der Waals surface area contributed by atoms with E-state index in [9.17, 15) is 4.79 Å². The van der Waals surface area contributed by atoms with E-state index in [0.717, 1.165) is 21.2 Å². The number of hydrogen-bond donors (Lipinski definition) is 1. The third-order valence-electron chi connectivity index (χ3n) is 4.39. The number of para-hydroxylation sites is 1. The Balaban J connectivity index is 1.37. The number of furan rings is 1. The van der Waals surface area contributed by atoms with Crippen LogP contribution < -0.4 is 10.2 Å². The van der Waals surface area contributed by atoms with Gasteiger partial charge in [0.25, 0.3) is 5.91 Å². The Morgan fingerprint density at radius 1 is 1.13 bits per heavy atom. The fraction of sp³-hybridized carbons (Fsp3) is 0.0870. The van der Waals surface area contributed by atoms with Gasteiger partial charge in [-0.1, -0.05) is 46.3 Å². The molecule has 0 saturated carbocycles. The number of hydrogen-bond acceptors (Lipinski definition) is 5. The number of nitrogens with zero attached hydrogens (tertiary/aromatic N) is 2. The molecule has 2 aromatic heterocycles. The highest BCUT2D eigenvalue weighted by molar-refractivity contribution is 9.10. The van der Waals surface area contributed by atoms with Gasteiger partial charge in [0.15, 0.2) is 6.10 Å². The topological polar surface area (TPSA) is 76.7 Å². The van der Waals surface area contributed by atoms with Gasteiger partial charge >= 0.3 is 0 Å². The van der Waals surface area contributed by atoms with Gasteiger partial charge in [0.2, 0.25) is 0 Å². The molecule has 0 aliphatic rings. The standard InChI is InChI=1S/C23H18BrN3O3/c1-15(29-21-6-2-4-17-5-3-13-25-22(17)21)23(28)27-26-14-19-11-12-20(30-19)16-7-9-18(24)10-8-16/h2-15H,1H3,(H,27,28)/b26-14+. The van der Waals surface area contributed by atoms with E-state index in [1.165, 1.54) is 6.21 Å². The molecule has 0 fully saturated rings. The number of ether oxygens (including phenoxy) is 1. The van der Waals surface area contributed by atoms with Crippen molar-refractivity contribution in [1.29, 1.82) is 0 Å². The van der Waals surface area contributed by atoms with Crippen molar-refractivity contribution in [2.24, 2.45) is 5.10 Å². The molecule has 150 valence electrons. The number of fused-ring (bicyclic) bond motifs is 1. The summed E-state index contributed by atoms with van der Waals surface area (Å²) in [7, 11) is 0. The molecule has 0 radical (unpaired) electrons. The molecule has 4 aromatic rings. The molecule has 0 saturated heterocycles. The van der Waals surface area contributed by atoms with Crippen LogP contribution in [0.4, 0.5) is 0 Å². The lowest BCUT2D eigenvalue weighted by Crippen LogP contribution is -2.33. The second-order valence-electron chi connectivity index (χ2n) is 6.53. The number of nitrogens with one attached hydrogen (secondary N) is 1. The molecule has 0 spiro atoms. The van der Waals surface area contributed by atoms with Gasteiger partial charge in [-0.3, -0.25) is 9.78 Å². The highest BCUT2D eigenvalue weighted by atomic mass is 79.9. The highest BCUT2D eigenvalue weighted by Crippen LogP contribution is 2.24. The van der Waals surface area contributed by atoms with Crippen LogP contribution in [0.5, 0.6) is 5.75 Å². The maximum atomic E-state index is 12.3. The van der Waals surface area contributed by atoms with E-state index in [0.29, 0.717) is 17.0 Å². The van der Waals surface area contributed by atoms with Crippen LogP contribution in [0.25, 0.3) is 22.2 Å². The molecule has 30 heavy (non-hydrogen) atoms. The van der Waals surface area contributed by atoms with E-state index in [4.69, 9.17) is 9.15 Å². The van der Waals surface area contributed by atoms with Crippen LogP contribution in [0.15, 0.2) is 86.9 Å². The fourth-order valence-electron chi connectivity index (χ4n) is 2.86. The molecule has 0 bridgehead atoms. The Kier molecular flexibility index (Phi) is 5.90. The second-order valence-corrected chi connectivity index (χ2v) is 7.45. The smallest absolute Gasteiger partial charge is 0.280 e. The second kappa shape index (κ2) is 8.92. The largest absolute Gasteiger partial charge is 0.479 e. The number of carbonyl (C=O) groups excluding carboxylic acids is 1. The first-order chi connectivity index (χ1) is 14.6. The summed E-state index contributed by atoms with van der Waals surface area (Å²) >= 11 is 3.41. The van der Waals surface area contributed by atoms with E-state index in [1.807, 2.05) is 54.6 Å². The van der Waals surface area contributed by atoms with Crippen LogP contribution in [-0.2, 0) is 4.79 Å². The predicted molar refractivity (Wildman–Crippen MR) is 119 cm³/mol. The first-order valence-corrected chi connectivity index (χ1v) is 10.1. The van der Waals surface area contributed by atoms with Crippen LogP contribution in [0.2, 0.25) is 0 Å². The normalized spacial score (nSPS) is 12.2. The van der Waals surface area contributed by atoms with Gasteiger partial charge < -0.3 is 9.15 Å². The number of carbonyl (C=O) groups is 1. The summed E-state index contributed by atoms with van der Waals surface area (Å²) in [5, 5.41) is 4.91. The van der Waals surface area contributed by atoms with Gasteiger partial charge in [0.05, 0.1) is 6.21 Å². The van der Waals surface area contributed by atoms with Crippen LogP contribution in [0.1, 0.15) is 12.7 Å². The number of amides is 1. The molecule has 6 nitrogen and oxygen atoms in total. The van der Waals surface area contributed by atoms with Crippen molar-refractivity contribution in [3.63, 3.8) is 0 Å². The molecule has 0 aliphatic carbocycles. The minimum Gasteiger partial charge on any atom is -0.479 e. The van der Waals surface area contributed by atoms with E-state index in [-0.39, 0.29) is 5.91 Å². The lowest BCUT2D eigenvalue weighted by atomic mass is 10.2. The Hall–Kier alpha value is -3.45. The van der Waals surface area contributed by atoms with Gasteiger partial charge in [-0.2, -0.15) is 5.10 Å². The molecule has 1 amide bonds. The molecule has 1 atom stereocenters. The van der Waals surface area contributed by atoms with Gasteiger partial charge in [-0.15, -0.1) is 0 Å². The highest BCUT2D eigenvalue weighted by Gasteiger charge is 2.15. The predicted octanol–water partition coefficient (Wildman–Crippen LogP) is 5.17. The minimum absolute atomic E-state index is 0.376. The summed E-state index contributed by atoms with van der Waals surface area (Å²) in [5.74, 6) is 1.42. The van der Waals surface area contributed by atoms with E-state index < -0.39 is 6.10 Å². The summed E-state index contributed by atoms with van der Waals surface area (Å²) in [6.45, 7) is 1.66. The summed E-state index contributed by atoms with van der Waals surface area (Å²) in [6, 6.07) is 20.8. The average molecular weight is 464 g/mol. The van der Waals surface area contributed by atoms with Crippen molar-refractivity contribution in [2.75, 3.05) is 0 Å². The summed E-state index contributed by atoms with van der Waals surface area (Å²) < 4.78 is 12.5. The number of hydrazone groups is 1. The number of benzene rings is 2. The molecule has 1 unspecified atom stereocenters. The van der Waals surface area contributed by atoms with Gasteiger partial charge in [0, 0.05) is 21.6 Å². The molecule has 2 aromatic carbocycles. The van der Waals surface area contributed by atoms with Crippen molar-refractivity contribution in [1.82, 2.24) is 10.4 Å². The average Bonchev–Trinajstić information content (AvgIpc) is 3.23. The Labute approximate surface area is 181 Å². The number of pyridine rings is 1. The molecule has 7 heteroatoms. The van der Waals surface area contributed by atoms with Gasteiger partial charge in [-0.25, -0.2) is 5.43 Å². The SMILES string of the molecule is CC(Oc1cccc2cccnc12)C(=O)N/N=C/c1ccc(-c2ccc(Br)cc2)o1. The molecular weight excluding hydrogens is 446 g/mol. The molecule has 4 rings (SSSR count). The van der Waals surface area contributed by atoms with Crippen molar-refractivity contribution in [3.05, 3.63) is 83.2 Å². The third-order valence-corrected chi connectivity index (χ3v) is 4.92. The summed E-state index contributed by atoms with van der Waals surface area (Å²) in [4.78, 5) is 16.7. The van der Waals surface area contributed by atoms with Crippen molar-refractivity contribution >= 4 is 39.0 Å². The van der Waals surface area contributed by atoms with Crippen LogP contribution >= 0.6 is 15.9 Å². The summed E-state index contributed by atoms with van der Waals surface area (Å²) in [6.07, 6.45) is 2.40. The fourth-order valence-corrected chi connectivity index (χ4v) is 3.12. The van der Waals surface area contributed by atoms with Crippen molar-refractivity contribution in [3.8, 4) is 17.1 Å². The number of aromatic nitrogens is 1. The Morgan fingerprint density at radius 2 is 1.93 bits per heavy atom. The van der Waals surface area contributed by atoms with Crippen LogP contribution in [0.3, 0.4) is 0 Å². The van der Waals surface area contributed by atoms with Gasteiger partial charge in [0.1, 0.15) is 22.8 Å². The molecular formula is C23H18BrN3O3. The molecule has 0 aliphatic heterocycles. The maximum absolute atomic E-state index is 12.3. The monoisotopic (exact) mass is 463 g/mol. The minimum atomic E-state index is -0.746. The summed E-state index contributed by atoms with van der Waals surface area (Å²) in [5.41, 5.74) is 4.13. The first-order valence-electron chi connectivity index (χ1n) is 9.29. The van der Waals surface area contributed by atoms with Crippen molar-refractivity contribution in [2.45, 2.75) is 13.0 Å². The van der Waals surface area contributed by atoms with Crippen LogP contribution in [-0.4, -0.2) is 23.2 Å².